The molecule has 1 heterocycles. The van der Waals surface area contributed by atoms with Crippen molar-refractivity contribution in [1.82, 2.24) is 0 Å². The maximum Gasteiger partial charge on any atom is 0.338 e. The molecule has 21 heavy (non-hydrogen) atoms. The van der Waals surface area contributed by atoms with Crippen molar-refractivity contribution in [1.29, 1.82) is 0 Å². The number of benzene rings is 2. The van der Waals surface area contributed by atoms with Crippen LogP contribution in [-0.4, -0.2) is 17.6 Å². The van der Waals surface area contributed by atoms with Gasteiger partial charge in [-0.25, -0.2) is 13.6 Å². The van der Waals surface area contributed by atoms with E-state index in [4.69, 9.17) is 5.11 Å². The molecule has 1 aliphatic rings. The summed E-state index contributed by atoms with van der Waals surface area (Å²) in [6, 6.07) is 8.74. The first-order valence-corrected chi connectivity index (χ1v) is 6.59. The van der Waals surface area contributed by atoms with Gasteiger partial charge in [0.15, 0.2) is 0 Å². The summed E-state index contributed by atoms with van der Waals surface area (Å²) in [6.45, 7) is 1.16. The summed E-state index contributed by atoms with van der Waals surface area (Å²) in [4.78, 5) is 12.8. The highest BCUT2D eigenvalue weighted by atomic mass is 19.1. The second kappa shape index (κ2) is 5.16. The van der Waals surface area contributed by atoms with Gasteiger partial charge in [-0.1, -0.05) is 12.1 Å². The number of hydrogen-bond acceptors (Lipinski definition) is 2. The minimum absolute atomic E-state index is 0.298. The molecular formula is C16H13F2NO2. The normalized spacial score (nSPS) is 13.3. The maximum absolute atomic E-state index is 13.7. The van der Waals surface area contributed by atoms with Gasteiger partial charge in [0.05, 0.1) is 5.56 Å². The number of aromatic carboxylic acids is 1. The van der Waals surface area contributed by atoms with Crippen LogP contribution in [-0.2, 0) is 13.0 Å². The van der Waals surface area contributed by atoms with E-state index in [0.717, 1.165) is 24.2 Å². The third kappa shape index (κ3) is 2.59. The Balaban J connectivity index is 1.85. The highest BCUT2D eigenvalue weighted by Crippen LogP contribution is 2.30. The molecular weight excluding hydrogens is 276 g/mol. The number of rotatable bonds is 3. The Kier molecular flexibility index (Phi) is 3.33. The van der Waals surface area contributed by atoms with E-state index in [1.807, 2.05) is 4.90 Å². The molecule has 0 aliphatic carbocycles. The number of carboxylic acid groups (broad SMARTS) is 1. The van der Waals surface area contributed by atoms with Crippen LogP contribution in [0.1, 0.15) is 21.5 Å². The van der Waals surface area contributed by atoms with Gasteiger partial charge in [0.25, 0.3) is 0 Å². The molecule has 1 aliphatic heterocycles. The average Bonchev–Trinajstić information content (AvgIpc) is 2.81. The number of fused-ring (bicyclic) bond motifs is 1. The summed E-state index contributed by atoms with van der Waals surface area (Å²) in [7, 11) is 0. The van der Waals surface area contributed by atoms with Gasteiger partial charge < -0.3 is 10.0 Å². The Bertz CT molecular complexity index is 715. The lowest BCUT2D eigenvalue weighted by molar-refractivity contribution is 0.0692. The molecule has 0 unspecified atom stereocenters. The highest BCUT2D eigenvalue weighted by Gasteiger charge is 2.20. The van der Waals surface area contributed by atoms with Crippen LogP contribution in [0.2, 0.25) is 0 Å². The van der Waals surface area contributed by atoms with Crippen molar-refractivity contribution >= 4 is 11.7 Å². The molecule has 0 spiro atoms. The van der Waals surface area contributed by atoms with E-state index in [1.54, 1.807) is 12.1 Å². The number of carboxylic acids is 1. The Morgan fingerprint density at radius 1 is 1.19 bits per heavy atom. The van der Waals surface area contributed by atoms with Crippen LogP contribution < -0.4 is 4.90 Å². The summed E-state index contributed by atoms with van der Waals surface area (Å²) in [5.74, 6) is -2.33. The maximum atomic E-state index is 13.7. The minimum atomic E-state index is -1.28. The molecule has 0 fully saturated rings. The second-order valence-electron chi connectivity index (χ2n) is 5.06. The molecule has 3 rings (SSSR count). The molecule has 0 saturated heterocycles. The minimum Gasteiger partial charge on any atom is -0.478 e. The first kappa shape index (κ1) is 13.5. The first-order chi connectivity index (χ1) is 10.0. The Morgan fingerprint density at radius 2 is 2.00 bits per heavy atom. The lowest BCUT2D eigenvalue weighted by Gasteiger charge is -2.19. The van der Waals surface area contributed by atoms with Crippen molar-refractivity contribution < 1.29 is 18.7 Å². The van der Waals surface area contributed by atoms with Crippen molar-refractivity contribution in [3.8, 4) is 0 Å². The van der Waals surface area contributed by atoms with Crippen molar-refractivity contribution in [2.75, 3.05) is 11.4 Å². The smallest absolute Gasteiger partial charge is 0.338 e. The van der Waals surface area contributed by atoms with E-state index in [2.05, 4.69) is 0 Å². The summed E-state index contributed by atoms with van der Waals surface area (Å²) in [5.41, 5.74) is 2.21. The molecule has 0 saturated carbocycles. The summed E-state index contributed by atoms with van der Waals surface area (Å²) in [5, 5.41) is 8.81. The van der Waals surface area contributed by atoms with Crippen LogP contribution in [0.5, 0.6) is 0 Å². The zero-order valence-electron chi connectivity index (χ0n) is 11.1. The molecule has 0 aromatic heterocycles. The fourth-order valence-electron chi connectivity index (χ4n) is 2.63. The van der Waals surface area contributed by atoms with Crippen LogP contribution in [0.15, 0.2) is 36.4 Å². The summed E-state index contributed by atoms with van der Waals surface area (Å²) in [6.07, 6.45) is 0.825. The van der Waals surface area contributed by atoms with Gasteiger partial charge in [0.1, 0.15) is 11.6 Å². The van der Waals surface area contributed by atoms with E-state index >= 15 is 0 Å². The van der Waals surface area contributed by atoms with Crippen molar-refractivity contribution in [3.05, 3.63) is 64.7 Å². The standard InChI is InChI=1S/C16H13F2NO2/c17-12-3-2-11-5-6-19(15(11)8-12)9-10-1-4-13(16(20)21)14(18)7-10/h1-4,7-8H,5-6,9H2,(H,20,21). The topological polar surface area (TPSA) is 40.5 Å². The lowest BCUT2D eigenvalue weighted by atomic mass is 10.1. The Hall–Kier alpha value is -2.43. The van der Waals surface area contributed by atoms with Gasteiger partial charge in [-0.15, -0.1) is 0 Å². The number of halogens is 2. The number of anilines is 1. The zero-order valence-corrected chi connectivity index (χ0v) is 11.1. The molecule has 2 aromatic rings. The number of nitrogens with zero attached hydrogens (tertiary/aromatic N) is 1. The first-order valence-electron chi connectivity index (χ1n) is 6.59. The van der Waals surface area contributed by atoms with E-state index < -0.39 is 11.8 Å². The fourth-order valence-corrected chi connectivity index (χ4v) is 2.63. The van der Waals surface area contributed by atoms with Gasteiger partial charge in [-0.05, 0) is 41.8 Å². The van der Waals surface area contributed by atoms with Crippen molar-refractivity contribution in [2.45, 2.75) is 13.0 Å². The van der Waals surface area contributed by atoms with Gasteiger partial charge in [0.2, 0.25) is 0 Å². The average molecular weight is 289 g/mol. The predicted octanol–water partition coefficient (Wildman–Crippen LogP) is 3.23. The van der Waals surface area contributed by atoms with Crippen LogP contribution in [0, 0.1) is 11.6 Å². The van der Waals surface area contributed by atoms with Crippen molar-refractivity contribution in [2.24, 2.45) is 0 Å². The SMILES string of the molecule is O=C(O)c1ccc(CN2CCc3ccc(F)cc32)cc1F. The highest BCUT2D eigenvalue weighted by molar-refractivity contribution is 5.87. The van der Waals surface area contributed by atoms with Crippen LogP contribution in [0.25, 0.3) is 0 Å². The Labute approximate surface area is 120 Å². The quantitative estimate of drug-likeness (QED) is 0.943. The zero-order chi connectivity index (χ0) is 15.0. The molecule has 1 N–H and O–H groups in total. The molecule has 0 atom stereocenters. The lowest BCUT2D eigenvalue weighted by Crippen LogP contribution is -2.20. The van der Waals surface area contributed by atoms with Crippen LogP contribution >= 0.6 is 0 Å². The van der Waals surface area contributed by atoms with Gasteiger partial charge >= 0.3 is 5.97 Å². The molecule has 108 valence electrons. The molecule has 0 bridgehead atoms. The molecule has 5 heteroatoms. The van der Waals surface area contributed by atoms with Crippen LogP contribution in [0.3, 0.4) is 0 Å². The van der Waals surface area contributed by atoms with Gasteiger partial charge in [0, 0.05) is 18.8 Å². The predicted molar refractivity (Wildman–Crippen MR) is 74.5 cm³/mol. The molecule has 3 nitrogen and oxygen atoms in total. The largest absolute Gasteiger partial charge is 0.478 e. The Morgan fingerprint density at radius 3 is 2.71 bits per heavy atom. The van der Waals surface area contributed by atoms with E-state index in [-0.39, 0.29) is 11.4 Å². The monoisotopic (exact) mass is 289 g/mol. The molecule has 2 aromatic carbocycles. The van der Waals surface area contributed by atoms with Crippen molar-refractivity contribution in [3.63, 3.8) is 0 Å². The summed E-state index contributed by atoms with van der Waals surface area (Å²) >= 11 is 0. The van der Waals surface area contributed by atoms with Crippen LogP contribution in [0.4, 0.5) is 14.5 Å². The fraction of sp³-hybridized carbons (Fsp3) is 0.188. The number of hydrogen-bond donors (Lipinski definition) is 1. The van der Waals surface area contributed by atoms with E-state index in [9.17, 15) is 13.6 Å². The molecule has 0 amide bonds. The summed E-state index contributed by atoms with van der Waals surface area (Å²) < 4.78 is 27.0. The third-order valence-corrected chi connectivity index (χ3v) is 3.68. The third-order valence-electron chi connectivity index (χ3n) is 3.68. The second-order valence-corrected chi connectivity index (χ2v) is 5.06. The van der Waals surface area contributed by atoms with Gasteiger partial charge in [-0.2, -0.15) is 0 Å². The van der Waals surface area contributed by atoms with E-state index in [0.29, 0.717) is 12.1 Å². The molecule has 0 radical (unpaired) electrons. The van der Waals surface area contributed by atoms with Gasteiger partial charge in [-0.3, -0.25) is 0 Å². The van der Waals surface area contributed by atoms with E-state index in [1.165, 1.54) is 24.3 Å². The number of carbonyl (C=O) groups is 1.